The van der Waals surface area contributed by atoms with Crippen molar-refractivity contribution in [2.24, 2.45) is 11.7 Å². The maximum Gasteiger partial charge on any atom is 0.221 e. The summed E-state index contributed by atoms with van der Waals surface area (Å²) in [5.41, 5.74) is 12.1. The molecule has 4 heteroatoms. The Bertz CT molecular complexity index is 787. The van der Waals surface area contributed by atoms with Gasteiger partial charge in [-0.1, -0.05) is 48.0 Å². The fourth-order valence-corrected chi connectivity index (χ4v) is 3.91. The van der Waals surface area contributed by atoms with Gasteiger partial charge in [-0.15, -0.1) is 0 Å². The topological polar surface area (TPSA) is 58.4 Å². The number of hydrogen-bond donors (Lipinski definition) is 2. The van der Waals surface area contributed by atoms with Gasteiger partial charge < -0.3 is 11.1 Å². The molecule has 1 fully saturated rings. The summed E-state index contributed by atoms with van der Waals surface area (Å²) in [5.74, 6) is -0.162. The molecule has 0 aliphatic carbocycles. The van der Waals surface area contributed by atoms with Crippen LogP contribution in [0.4, 0.5) is 0 Å². The van der Waals surface area contributed by atoms with Crippen LogP contribution in [-0.2, 0) is 24.4 Å². The van der Waals surface area contributed by atoms with Crippen molar-refractivity contribution in [1.29, 1.82) is 0 Å². The summed E-state index contributed by atoms with van der Waals surface area (Å²) in [5, 5.41) is 3.56. The molecule has 2 aromatic rings. The van der Waals surface area contributed by atoms with Crippen LogP contribution in [0.2, 0.25) is 0 Å². The lowest BCUT2D eigenvalue weighted by Gasteiger charge is -2.31. The molecule has 3 N–H and O–H groups in total. The Balaban J connectivity index is 1.53. The molecule has 0 aromatic heterocycles. The minimum absolute atomic E-state index is 0.00125. The van der Waals surface area contributed by atoms with E-state index in [4.69, 9.17) is 5.73 Å². The third-order valence-corrected chi connectivity index (χ3v) is 5.45. The summed E-state index contributed by atoms with van der Waals surface area (Å²) in [6, 6.07) is 15.3. The molecule has 1 aliphatic rings. The van der Waals surface area contributed by atoms with Crippen LogP contribution in [0, 0.1) is 19.8 Å². The fraction of sp³-hybridized carbons (Fsp3) is 0.435. The summed E-state index contributed by atoms with van der Waals surface area (Å²) in [4.78, 5) is 13.8. The predicted molar refractivity (Wildman–Crippen MR) is 110 cm³/mol. The third kappa shape index (κ3) is 5.65. The fourth-order valence-electron chi connectivity index (χ4n) is 3.91. The predicted octanol–water partition coefficient (Wildman–Crippen LogP) is 3.29. The van der Waals surface area contributed by atoms with Gasteiger partial charge in [-0.25, -0.2) is 0 Å². The van der Waals surface area contributed by atoms with Gasteiger partial charge in [-0.2, -0.15) is 0 Å². The second-order valence-corrected chi connectivity index (χ2v) is 7.83. The number of nitrogens with one attached hydrogen (secondary N) is 1. The number of carbonyl (C=O) groups excluding carboxylic acids is 1. The van der Waals surface area contributed by atoms with E-state index in [1.54, 1.807) is 0 Å². The first-order valence-corrected chi connectivity index (χ1v) is 9.87. The Kier molecular flexibility index (Phi) is 6.64. The Morgan fingerprint density at radius 3 is 2.74 bits per heavy atom. The smallest absolute Gasteiger partial charge is 0.221 e. The van der Waals surface area contributed by atoms with Gasteiger partial charge >= 0.3 is 0 Å². The van der Waals surface area contributed by atoms with Crippen molar-refractivity contribution >= 4 is 5.91 Å². The summed E-state index contributed by atoms with van der Waals surface area (Å²) in [6.45, 7) is 8.73. The average Bonchev–Trinajstić information content (AvgIpc) is 2.64. The molecule has 144 valence electrons. The quantitative estimate of drug-likeness (QED) is 0.792. The summed E-state index contributed by atoms with van der Waals surface area (Å²) in [7, 11) is 0. The maximum absolute atomic E-state index is 11.5. The number of nitrogens with two attached hydrogens (primary N) is 1. The summed E-state index contributed by atoms with van der Waals surface area (Å²) >= 11 is 0. The normalized spacial score (nSPS) is 17.8. The molecule has 0 spiro atoms. The monoisotopic (exact) mass is 365 g/mol. The van der Waals surface area contributed by atoms with Crippen LogP contribution in [0.3, 0.4) is 0 Å². The lowest BCUT2D eigenvalue weighted by Crippen LogP contribution is -2.40. The van der Waals surface area contributed by atoms with Crippen molar-refractivity contribution < 1.29 is 4.79 Å². The number of nitrogens with zero attached hydrogens (tertiary/aromatic N) is 1. The number of primary amides is 1. The molecule has 1 aliphatic heterocycles. The van der Waals surface area contributed by atoms with Crippen molar-refractivity contribution in [3.8, 4) is 0 Å². The summed E-state index contributed by atoms with van der Waals surface area (Å²) in [6.07, 6.45) is 1.97. The Morgan fingerprint density at radius 2 is 1.96 bits per heavy atom. The van der Waals surface area contributed by atoms with Gasteiger partial charge in [0.15, 0.2) is 0 Å². The van der Waals surface area contributed by atoms with Gasteiger partial charge in [-0.3, -0.25) is 9.69 Å². The second kappa shape index (κ2) is 9.16. The number of carbonyl (C=O) groups is 1. The zero-order chi connectivity index (χ0) is 19.2. The van der Waals surface area contributed by atoms with Crippen molar-refractivity contribution in [3.05, 3.63) is 70.3 Å². The van der Waals surface area contributed by atoms with Gasteiger partial charge in [-0.05, 0) is 55.5 Å². The number of amides is 1. The van der Waals surface area contributed by atoms with E-state index < -0.39 is 0 Å². The van der Waals surface area contributed by atoms with E-state index in [9.17, 15) is 4.79 Å². The van der Waals surface area contributed by atoms with Crippen LogP contribution in [-0.4, -0.2) is 23.9 Å². The first kappa shape index (κ1) is 19.6. The van der Waals surface area contributed by atoms with E-state index in [-0.39, 0.29) is 11.8 Å². The molecule has 0 saturated carbocycles. The number of hydrogen-bond acceptors (Lipinski definition) is 3. The largest absolute Gasteiger partial charge is 0.369 e. The molecule has 4 nitrogen and oxygen atoms in total. The molecular formula is C23H31N3O. The number of benzene rings is 2. The SMILES string of the molecule is Cc1ccc(CNCc2cccc(CN3CCCC(C(N)=O)C3)c2)c(C)c1. The molecule has 3 rings (SSSR count). The van der Waals surface area contributed by atoms with E-state index in [0.29, 0.717) is 0 Å². The van der Waals surface area contributed by atoms with Gasteiger partial charge in [0, 0.05) is 26.2 Å². The van der Waals surface area contributed by atoms with E-state index in [2.05, 4.69) is 66.5 Å². The first-order chi connectivity index (χ1) is 13.0. The number of aryl methyl sites for hydroxylation is 2. The minimum atomic E-state index is -0.163. The highest BCUT2D eigenvalue weighted by Crippen LogP contribution is 2.19. The lowest BCUT2D eigenvalue weighted by atomic mass is 9.97. The molecule has 1 saturated heterocycles. The van der Waals surface area contributed by atoms with Crippen LogP contribution < -0.4 is 11.1 Å². The van der Waals surface area contributed by atoms with Gasteiger partial charge in [0.2, 0.25) is 5.91 Å². The van der Waals surface area contributed by atoms with E-state index in [0.717, 1.165) is 45.6 Å². The van der Waals surface area contributed by atoms with Crippen molar-refractivity contribution in [3.63, 3.8) is 0 Å². The van der Waals surface area contributed by atoms with Crippen molar-refractivity contribution in [1.82, 2.24) is 10.2 Å². The molecular weight excluding hydrogens is 334 g/mol. The standard InChI is InChI=1S/C23H31N3O/c1-17-8-9-21(18(2)11-17)14-25-13-19-5-3-6-20(12-19)15-26-10-4-7-22(16-26)23(24)27/h3,5-6,8-9,11-12,22,25H,4,7,10,13-16H2,1-2H3,(H2,24,27). The van der Waals surface area contributed by atoms with E-state index in [1.807, 2.05) is 0 Å². The van der Waals surface area contributed by atoms with Gasteiger partial charge in [0.1, 0.15) is 0 Å². The zero-order valence-corrected chi connectivity index (χ0v) is 16.5. The molecule has 1 atom stereocenters. The molecule has 2 aromatic carbocycles. The summed E-state index contributed by atoms with van der Waals surface area (Å²) < 4.78 is 0. The Labute approximate surface area is 162 Å². The van der Waals surface area contributed by atoms with Crippen LogP contribution in [0.5, 0.6) is 0 Å². The average molecular weight is 366 g/mol. The van der Waals surface area contributed by atoms with Crippen molar-refractivity contribution in [2.45, 2.75) is 46.3 Å². The molecule has 1 heterocycles. The highest BCUT2D eigenvalue weighted by Gasteiger charge is 2.23. The van der Waals surface area contributed by atoms with E-state index >= 15 is 0 Å². The van der Waals surface area contributed by atoms with Gasteiger partial charge in [0.25, 0.3) is 0 Å². The highest BCUT2D eigenvalue weighted by molar-refractivity contribution is 5.76. The molecule has 0 radical (unpaired) electrons. The Hall–Kier alpha value is -2.17. The Morgan fingerprint density at radius 1 is 1.15 bits per heavy atom. The molecule has 0 bridgehead atoms. The van der Waals surface area contributed by atoms with Crippen LogP contribution in [0.1, 0.15) is 40.7 Å². The van der Waals surface area contributed by atoms with Crippen LogP contribution in [0.25, 0.3) is 0 Å². The van der Waals surface area contributed by atoms with Crippen LogP contribution >= 0.6 is 0 Å². The van der Waals surface area contributed by atoms with Crippen molar-refractivity contribution in [2.75, 3.05) is 13.1 Å². The number of piperidine rings is 1. The van der Waals surface area contributed by atoms with Crippen LogP contribution in [0.15, 0.2) is 42.5 Å². The second-order valence-electron chi connectivity index (χ2n) is 7.83. The van der Waals surface area contributed by atoms with E-state index in [1.165, 1.54) is 27.8 Å². The first-order valence-electron chi connectivity index (χ1n) is 9.87. The number of rotatable bonds is 7. The third-order valence-electron chi connectivity index (χ3n) is 5.45. The lowest BCUT2D eigenvalue weighted by molar-refractivity contribution is -0.123. The molecule has 1 amide bonds. The zero-order valence-electron chi connectivity index (χ0n) is 16.5. The highest BCUT2D eigenvalue weighted by atomic mass is 16.1. The maximum atomic E-state index is 11.5. The molecule has 1 unspecified atom stereocenters. The van der Waals surface area contributed by atoms with Gasteiger partial charge in [0.05, 0.1) is 5.92 Å². The minimum Gasteiger partial charge on any atom is -0.369 e. The molecule has 27 heavy (non-hydrogen) atoms. The number of likely N-dealkylation sites (tertiary alicyclic amines) is 1.